The number of aliphatic carboxylic acids is 1. The zero-order valence-corrected chi connectivity index (χ0v) is 21.3. The summed E-state index contributed by atoms with van der Waals surface area (Å²) in [5, 5.41) is 26.5. The number of thiazole rings is 1. The summed E-state index contributed by atoms with van der Waals surface area (Å²) in [5.74, 6) is -1.60. The number of rotatable bonds is 10. The van der Waals surface area contributed by atoms with Crippen molar-refractivity contribution in [2.24, 2.45) is 5.73 Å². The van der Waals surface area contributed by atoms with Crippen LogP contribution in [0.25, 0.3) is 0 Å². The zero-order chi connectivity index (χ0) is 26.6. The molecule has 2 aromatic rings. The highest BCUT2D eigenvalue weighted by atomic mass is 32.1. The van der Waals surface area contributed by atoms with Gasteiger partial charge in [-0.15, -0.1) is 11.3 Å². The van der Waals surface area contributed by atoms with E-state index in [1.54, 1.807) is 35.8 Å². The zero-order valence-electron chi connectivity index (χ0n) is 20.5. The van der Waals surface area contributed by atoms with Gasteiger partial charge in [0.05, 0.1) is 13.1 Å². The molecule has 0 saturated carbocycles. The predicted octanol–water partition coefficient (Wildman–Crippen LogP) is -0.203. The van der Waals surface area contributed by atoms with Gasteiger partial charge < -0.3 is 36.0 Å². The lowest BCUT2D eigenvalue weighted by molar-refractivity contribution is -0.173. The maximum atomic E-state index is 13.5. The van der Waals surface area contributed by atoms with E-state index < -0.39 is 23.7 Å². The summed E-state index contributed by atoms with van der Waals surface area (Å²) in [5.41, 5.74) is 4.49. The van der Waals surface area contributed by atoms with Crippen LogP contribution in [0.5, 0.6) is 5.75 Å². The highest BCUT2D eigenvalue weighted by molar-refractivity contribution is 7.09. The highest BCUT2D eigenvalue weighted by Gasteiger charge is 2.61. The second-order valence-corrected chi connectivity index (χ2v) is 9.74. The largest absolute Gasteiger partial charge is 0.487 e. The van der Waals surface area contributed by atoms with Crippen LogP contribution in [0, 0.1) is 5.41 Å². The van der Waals surface area contributed by atoms with Gasteiger partial charge in [-0.2, -0.15) is 0 Å². The predicted molar refractivity (Wildman–Crippen MR) is 137 cm³/mol. The number of carboxylic acids is 1. The third kappa shape index (κ3) is 5.02. The Morgan fingerprint density at radius 2 is 1.89 bits per heavy atom. The first kappa shape index (κ1) is 26.5. The molecule has 0 bridgehead atoms. The Kier molecular flexibility index (Phi) is 8.05. The average Bonchev–Trinajstić information content (AvgIpc) is 3.43. The first-order valence-electron chi connectivity index (χ1n) is 12.1. The van der Waals surface area contributed by atoms with Gasteiger partial charge in [0.25, 0.3) is 0 Å². The van der Waals surface area contributed by atoms with Crippen molar-refractivity contribution in [3.05, 3.63) is 46.4 Å². The molecule has 3 atom stereocenters. The van der Waals surface area contributed by atoms with Crippen LogP contribution < -0.4 is 21.1 Å². The van der Waals surface area contributed by atoms with Gasteiger partial charge >= 0.3 is 5.97 Å². The molecule has 13 heteroatoms. The molecule has 198 valence electrons. The van der Waals surface area contributed by atoms with E-state index in [0.29, 0.717) is 35.8 Å². The molecule has 1 aromatic carbocycles. The van der Waals surface area contributed by atoms with Crippen molar-refractivity contribution in [3.8, 4) is 5.75 Å². The molecule has 4 rings (SSSR count). The van der Waals surface area contributed by atoms with E-state index >= 15 is 0 Å². The SMILES string of the molecule is CCC(Oc1ccc(C(=N)N)cc1)C(c1nccs1)(C(C(=O)O)N1CCNCC1=O)N1CCNCC1=O. The summed E-state index contributed by atoms with van der Waals surface area (Å²) in [6.07, 6.45) is 0.997. The Labute approximate surface area is 218 Å². The van der Waals surface area contributed by atoms with Gasteiger partial charge in [-0.05, 0) is 30.7 Å². The molecular formula is C24H31N7O5S. The first-order chi connectivity index (χ1) is 17.8. The minimum absolute atomic E-state index is 0.00259. The summed E-state index contributed by atoms with van der Waals surface area (Å²) in [4.78, 5) is 47.1. The standard InChI is InChI=1S/C24H31N7O5S/c1-2-17(36-16-5-3-15(4-6-16)21(25)26)24(23-29-9-12-37-23,31-11-8-28-14-19(31)33)20(22(34)35)30-10-7-27-13-18(30)32/h3-6,9,12,17,20,27-28H,2,7-8,10-11,13-14H2,1H3,(H3,25,26)(H,34,35). The number of benzene rings is 1. The van der Waals surface area contributed by atoms with Crippen LogP contribution in [0.1, 0.15) is 23.9 Å². The van der Waals surface area contributed by atoms with Crippen LogP contribution in [0.4, 0.5) is 0 Å². The van der Waals surface area contributed by atoms with E-state index in [9.17, 15) is 19.5 Å². The summed E-state index contributed by atoms with van der Waals surface area (Å²) in [6, 6.07) is 5.13. The number of ether oxygens (including phenoxy) is 1. The number of hydrogen-bond acceptors (Lipinski definition) is 9. The number of carboxylic acid groups (broad SMARTS) is 1. The normalized spacial score (nSPS) is 19.7. The van der Waals surface area contributed by atoms with E-state index in [0.717, 1.165) is 0 Å². The third-order valence-electron chi connectivity index (χ3n) is 6.70. The van der Waals surface area contributed by atoms with Crippen LogP contribution in [0.3, 0.4) is 0 Å². The van der Waals surface area contributed by atoms with Crippen LogP contribution in [-0.2, 0) is 19.9 Å². The lowest BCUT2D eigenvalue weighted by Gasteiger charge is -2.53. The monoisotopic (exact) mass is 529 g/mol. The Bertz CT molecular complexity index is 1140. The molecule has 2 amide bonds. The maximum Gasteiger partial charge on any atom is 0.329 e. The number of amides is 2. The highest BCUT2D eigenvalue weighted by Crippen LogP contribution is 2.43. The molecule has 1 aromatic heterocycles. The fourth-order valence-corrected chi connectivity index (χ4v) is 6.02. The van der Waals surface area contributed by atoms with Crippen molar-refractivity contribution in [1.29, 1.82) is 5.41 Å². The maximum absolute atomic E-state index is 13.5. The minimum atomic E-state index is -1.61. The number of aromatic nitrogens is 1. The van der Waals surface area contributed by atoms with Gasteiger partial charge in [-0.1, -0.05) is 6.92 Å². The van der Waals surface area contributed by atoms with Crippen molar-refractivity contribution >= 4 is 35.0 Å². The van der Waals surface area contributed by atoms with E-state index in [1.165, 1.54) is 21.1 Å². The number of nitrogens with one attached hydrogen (secondary N) is 3. The molecule has 3 unspecified atom stereocenters. The van der Waals surface area contributed by atoms with Crippen LogP contribution in [0.2, 0.25) is 0 Å². The second-order valence-electron chi connectivity index (χ2n) is 8.84. The number of carbonyl (C=O) groups is 3. The van der Waals surface area contributed by atoms with Crippen LogP contribution >= 0.6 is 11.3 Å². The number of nitrogen functional groups attached to an aromatic ring is 1. The molecular weight excluding hydrogens is 498 g/mol. The van der Waals surface area contributed by atoms with Gasteiger partial charge in [-0.25, -0.2) is 9.78 Å². The number of nitrogens with zero attached hydrogens (tertiary/aromatic N) is 3. The van der Waals surface area contributed by atoms with Crippen LogP contribution in [0.15, 0.2) is 35.8 Å². The number of carbonyl (C=O) groups excluding carboxylic acids is 2. The van der Waals surface area contributed by atoms with Gasteiger partial charge in [0, 0.05) is 43.3 Å². The van der Waals surface area contributed by atoms with Crippen LogP contribution in [-0.4, -0.2) is 94.9 Å². The van der Waals surface area contributed by atoms with E-state index in [-0.39, 0.29) is 43.8 Å². The fourth-order valence-electron chi connectivity index (χ4n) is 5.10. The molecule has 0 radical (unpaired) electrons. The van der Waals surface area contributed by atoms with Gasteiger partial charge in [0.2, 0.25) is 11.8 Å². The van der Waals surface area contributed by atoms with Gasteiger partial charge in [0.1, 0.15) is 22.7 Å². The Balaban J connectivity index is 1.92. The van der Waals surface area contributed by atoms with Crippen molar-refractivity contribution in [2.75, 3.05) is 39.3 Å². The summed E-state index contributed by atoms with van der Waals surface area (Å²) in [7, 11) is 0. The molecule has 2 saturated heterocycles. The molecule has 2 aliphatic heterocycles. The van der Waals surface area contributed by atoms with Gasteiger partial charge in [-0.3, -0.25) is 15.0 Å². The smallest absolute Gasteiger partial charge is 0.329 e. The number of amidine groups is 1. The quantitative estimate of drug-likeness (QED) is 0.206. The fraction of sp³-hybridized carbons (Fsp3) is 0.458. The molecule has 6 N–H and O–H groups in total. The summed E-state index contributed by atoms with van der Waals surface area (Å²) < 4.78 is 6.47. The topological polar surface area (TPSA) is 174 Å². The van der Waals surface area contributed by atoms with Crippen molar-refractivity contribution < 1.29 is 24.2 Å². The lowest BCUT2D eigenvalue weighted by Crippen LogP contribution is -2.74. The first-order valence-corrected chi connectivity index (χ1v) is 12.9. The van der Waals surface area contributed by atoms with Crippen molar-refractivity contribution in [2.45, 2.75) is 31.0 Å². The van der Waals surface area contributed by atoms with E-state index in [1.807, 2.05) is 6.92 Å². The Morgan fingerprint density at radius 1 is 1.22 bits per heavy atom. The van der Waals surface area contributed by atoms with E-state index in [2.05, 4.69) is 15.6 Å². The molecule has 2 aliphatic rings. The lowest BCUT2D eigenvalue weighted by atomic mass is 9.79. The summed E-state index contributed by atoms with van der Waals surface area (Å²) in [6.45, 7) is 3.12. The number of hydrogen-bond donors (Lipinski definition) is 5. The van der Waals surface area contributed by atoms with Crippen molar-refractivity contribution in [1.82, 2.24) is 25.4 Å². The number of nitrogens with two attached hydrogens (primary N) is 1. The Morgan fingerprint density at radius 3 is 2.43 bits per heavy atom. The number of piperazine rings is 2. The molecule has 0 spiro atoms. The minimum Gasteiger partial charge on any atom is -0.487 e. The molecule has 2 fully saturated rings. The Hall–Kier alpha value is -3.55. The van der Waals surface area contributed by atoms with Crippen molar-refractivity contribution in [3.63, 3.8) is 0 Å². The third-order valence-corrected chi connectivity index (χ3v) is 7.62. The second kappa shape index (κ2) is 11.2. The average molecular weight is 530 g/mol. The molecule has 12 nitrogen and oxygen atoms in total. The summed E-state index contributed by atoms with van der Waals surface area (Å²) >= 11 is 1.23. The van der Waals surface area contributed by atoms with E-state index in [4.69, 9.17) is 15.9 Å². The van der Waals surface area contributed by atoms with Gasteiger partial charge in [0.15, 0.2) is 11.6 Å². The molecule has 3 heterocycles. The molecule has 37 heavy (non-hydrogen) atoms. The molecule has 0 aliphatic carbocycles.